The topological polar surface area (TPSA) is 66.4 Å². The van der Waals surface area contributed by atoms with Crippen molar-refractivity contribution in [2.24, 2.45) is 0 Å². The molecule has 2 rings (SSSR count). The first-order valence-electron chi connectivity index (χ1n) is 7.56. The number of aliphatic carboxylic acids is 1. The van der Waals surface area contributed by atoms with Crippen molar-refractivity contribution < 1.29 is 14.7 Å². The molecule has 0 spiro atoms. The Bertz CT molecular complexity index is 557. The lowest BCUT2D eigenvalue weighted by Crippen LogP contribution is -2.34. The average Bonchev–Trinajstić information content (AvgIpc) is 2.46. The molecule has 1 atom stereocenters. The Kier molecular flexibility index (Phi) is 5.51. The molecule has 2 N–H and O–H groups in total. The summed E-state index contributed by atoms with van der Waals surface area (Å²) in [6.07, 6.45) is 2.17. The second kappa shape index (κ2) is 7.18. The van der Waals surface area contributed by atoms with Crippen LogP contribution in [-0.2, 0) is 15.0 Å². The molecular weight excluding hydrogens is 298 g/mol. The Morgan fingerprint density at radius 2 is 2.05 bits per heavy atom. The van der Waals surface area contributed by atoms with Crippen LogP contribution in [0.3, 0.4) is 0 Å². The van der Waals surface area contributed by atoms with Gasteiger partial charge in [-0.05, 0) is 29.4 Å². The molecule has 1 aliphatic rings. The number of fused-ring (bicyclic) bond motifs is 1. The van der Waals surface area contributed by atoms with E-state index in [1.807, 2.05) is 0 Å². The van der Waals surface area contributed by atoms with Crippen molar-refractivity contribution in [3.05, 3.63) is 35.4 Å². The number of carboxylic acids is 1. The van der Waals surface area contributed by atoms with E-state index in [1.165, 1.54) is 11.1 Å². The van der Waals surface area contributed by atoms with E-state index in [4.69, 9.17) is 5.11 Å². The first-order valence-corrected chi connectivity index (χ1v) is 8.71. The number of rotatable bonds is 6. The monoisotopic (exact) mass is 321 g/mol. The molecule has 1 aromatic carbocycles. The second-order valence-electron chi connectivity index (χ2n) is 6.40. The maximum absolute atomic E-state index is 11.8. The van der Waals surface area contributed by atoms with Gasteiger partial charge in [0, 0.05) is 12.5 Å². The van der Waals surface area contributed by atoms with Crippen molar-refractivity contribution in [1.29, 1.82) is 0 Å². The third-order valence-corrected chi connectivity index (χ3v) is 5.17. The molecule has 1 amide bonds. The number of benzene rings is 1. The lowest BCUT2D eigenvalue weighted by molar-refractivity contribution is -0.133. The smallest absolute Gasteiger partial charge is 0.313 e. The van der Waals surface area contributed by atoms with Gasteiger partial charge in [0.15, 0.2) is 0 Å². The van der Waals surface area contributed by atoms with Crippen LogP contribution in [0.15, 0.2) is 24.3 Å². The summed E-state index contributed by atoms with van der Waals surface area (Å²) in [6.45, 7) is 5.16. The van der Waals surface area contributed by atoms with Crippen LogP contribution in [0.5, 0.6) is 0 Å². The van der Waals surface area contributed by atoms with E-state index in [-0.39, 0.29) is 22.8 Å². The van der Waals surface area contributed by atoms with Gasteiger partial charge in [-0.2, -0.15) is 0 Å². The highest BCUT2D eigenvalue weighted by Gasteiger charge is 2.32. The number of hydrogen-bond acceptors (Lipinski definition) is 3. The molecule has 0 fully saturated rings. The molecule has 120 valence electrons. The van der Waals surface area contributed by atoms with Gasteiger partial charge >= 0.3 is 5.97 Å². The summed E-state index contributed by atoms with van der Waals surface area (Å²) in [6, 6.07) is 8.47. The Labute approximate surface area is 135 Å². The average molecular weight is 321 g/mol. The van der Waals surface area contributed by atoms with E-state index in [0.717, 1.165) is 24.6 Å². The van der Waals surface area contributed by atoms with Crippen LogP contribution in [0.2, 0.25) is 0 Å². The lowest BCUT2D eigenvalue weighted by Gasteiger charge is -2.37. The van der Waals surface area contributed by atoms with Crippen molar-refractivity contribution in [2.75, 3.05) is 18.1 Å². The van der Waals surface area contributed by atoms with Crippen LogP contribution < -0.4 is 5.32 Å². The van der Waals surface area contributed by atoms with E-state index in [0.29, 0.717) is 12.5 Å². The van der Waals surface area contributed by atoms with Gasteiger partial charge < -0.3 is 10.4 Å². The molecule has 22 heavy (non-hydrogen) atoms. The molecular formula is C17H23NO3S. The minimum atomic E-state index is -0.888. The van der Waals surface area contributed by atoms with Crippen LogP contribution in [0.1, 0.15) is 43.7 Å². The second-order valence-corrected chi connectivity index (χ2v) is 7.38. The van der Waals surface area contributed by atoms with Gasteiger partial charge in [0.05, 0.1) is 11.5 Å². The van der Waals surface area contributed by atoms with Gasteiger partial charge in [-0.25, -0.2) is 0 Å². The minimum Gasteiger partial charge on any atom is -0.481 e. The van der Waals surface area contributed by atoms with E-state index in [2.05, 4.69) is 43.4 Å². The summed E-state index contributed by atoms with van der Waals surface area (Å²) in [5.41, 5.74) is 2.90. The minimum absolute atomic E-state index is 0.0339. The third kappa shape index (κ3) is 4.26. The SMILES string of the molecule is CC1(C)CCC(CNC(=O)CSCC(=O)O)c2ccccc21. The third-order valence-electron chi connectivity index (χ3n) is 4.25. The van der Waals surface area contributed by atoms with E-state index < -0.39 is 5.97 Å². The molecule has 5 heteroatoms. The molecule has 0 aromatic heterocycles. The number of nitrogens with one attached hydrogen (secondary N) is 1. The molecule has 1 aliphatic carbocycles. The molecule has 0 bridgehead atoms. The van der Waals surface area contributed by atoms with Crippen LogP contribution in [0.25, 0.3) is 0 Å². The number of hydrogen-bond donors (Lipinski definition) is 2. The summed E-state index contributed by atoms with van der Waals surface area (Å²) in [4.78, 5) is 22.2. The van der Waals surface area contributed by atoms with Gasteiger partial charge in [-0.15, -0.1) is 11.8 Å². The van der Waals surface area contributed by atoms with Crippen molar-refractivity contribution in [2.45, 2.75) is 38.0 Å². The summed E-state index contributed by atoms with van der Waals surface area (Å²) < 4.78 is 0. The fraction of sp³-hybridized carbons (Fsp3) is 0.529. The number of carboxylic acid groups (broad SMARTS) is 1. The molecule has 1 unspecified atom stereocenters. The Hall–Kier alpha value is -1.49. The lowest BCUT2D eigenvalue weighted by atomic mass is 9.69. The standard InChI is InChI=1S/C17H23NO3S/c1-17(2)8-7-12(13-5-3-4-6-14(13)17)9-18-15(19)10-22-11-16(20)21/h3-6,12H,7-11H2,1-2H3,(H,18,19)(H,20,21). The first-order chi connectivity index (χ1) is 10.4. The van der Waals surface area contributed by atoms with Crippen LogP contribution in [-0.4, -0.2) is 35.0 Å². The van der Waals surface area contributed by atoms with Gasteiger partial charge in [0.2, 0.25) is 5.91 Å². The van der Waals surface area contributed by atoms with E-state index in [9.17, 15) is 9.59 Å². The van der Waals surface area contributed by atoms with Crippen LogP contribution in [0, 0.1) is 0 Å². The Morgan fingerprint density at radius 3 is 2.77 bits per heavy atom. The molecule has 0 heterocycles. The zero-order chi connectivity index (χ0) is 16.2. The number of thioether (sulfide) groups is 1. The summed E-state index contributed by atoms with van der Waals surface area (Å²) in [7, 11) is 0. The van der Waals surface area contributed by atoms with Crippen molar-refractivity contribution in [1.82, 2.24) is 5.32 Å². The highest BCUT2D eigenvalue weighted by atomic mass is 32.2. The van der Waals surface area contributed by atoms with Crippen LogP contribution >= 0.6 is 11.8 Å². The maximum Gasteiger partial charge on any atom is 0.313 e. The summed E-state index contributed by atoms with van der Waals surface area (Å²) >= 11 is 1.13. The molecule has 0 saturated carbocycles. The fourth-order valence-electron chi connectivity index (χ4n) is 3.03. The maximum atomic E-state index is 11.8. The number of carbonyl (C=O) groups is 2. The fourth-order valence-corrected chi connectivity index (χ4v) is 3.59. The van der Waals surface area contributed by atoms with Gasteiger partial charge in [-0.3, -0.25) is 9.59 Å². The largest absolute Gasteiger partial charge is 0.481 e. The first kappa shape index (κ1) is 16.9. The highest BCUT2D eigenvalue weighted by molar-refractivity contribution is 8.00. The Morgan fingerprint density at radius 1 is 1.32 bits per heavy atom. The predicted octanol–water partition coefficient (Wildman–Crippen LogP) is 2.78. The molecule has 0 aliphatic heterocycles. The van der Waals surface area contributed by atoms with Crippen molar-refractivity contribution in [3.8, 4) is 0 Å². The normalized spacial score (nSPS) is 19.3. The zero-order valence-corrected chi connectivity index (χ0v) is 13.9. The van der Waals surface area contributed by atoms with Gasteiger partial charge in [0.25, 0.3) is 0 Å². The quantitative estimate of drug-likeness (QED) is 0.845. The molecule has 4 nitrogen and oxygen atoms in total. The van der Waals surface area contributed by atoms with Crippen molar-refractivity contribution in [3.63, 3.8) is 0 Å². The molecule has 0 saturated heterocycles. The van der Waals surface area contributed by atoms with Gasteiger partial charge in [-0.1, -0.05) is 38.1 Å². The zero-order valence-electron chi connectivity index (χ0n) is 13.1. The summed E-state index contributed by atoms with van der Waals surface area (Å²) in [5, 5.41) is 11.5. The number of carbonyl (C=O) groups excluding carboxylic acids is 1. The predicted molar refractivity (Wildman–Crippen MR) is 89.4 cm³/mol. The number of amides is 1. The van der Waals surface area contributed by atoms with E-state index >= 15 is 0 Å². The molecule has 1 aromatic rings. The summed E-state index contributed by atoms with van der Waals surface area (Å²) in [5.74, 6) is -0.465. The Balaban J connectivity index is 1.91. The molecule has 0 radical (unpaired) electrons. The highest BCUT2D eigenvalue weighted by Crippen LogP contribution is 2.42. The van der Waals surface area contributed by atoms with Gasteiger partial charge in [0.1, 0.15) is 0 Å². The van der Waals surface area contributed by atoms with Crippen molar-refractivity contribution >= 4 is 23.6 Å². The van der Waals surface area contributed by atoms with E-state index in [1.54, 1.807) is 0 Å². The van der Waals surface area contributed by atoms with Crippen LogP contribution in [0.4, 0.5) is 0 Å².